The molecule has 0 radical (unpaired) electrons. The van der Waals surface area contributed by atoms with Gasteiger partial charge in [-0.05, 0) is 65.8 Å². The molecule has 0 spiro atoms. The SMILES string of the molecule is CN1CCOc2cc(-c3ccc(C4CCc5ccc(CCC(=O)O)cc5O4)c(F)c3)ccc21. The van der Waals surface area contributed by atoms with Crippen LogP contribution >= 0.6 is 0 Å². The average Bonchev–Trinajstić information content (AvgIpc) is 2.82. The van der Waals surface area contributed by atoms with Crippen molar-refractivity contribution >= 4 is 11.7 Å². The molecule has 0 aromatic heterocycles. The van der Waals surface area contributed by atoms with Crippen LogP contribution in [0.1, 0.15) is 35.6 Å². The molecule has 0 aliphatic carbocycles. The number of benzene rings is 3. The fourth-order valence-corrected chi connectivity index (χ4v) is 4.55. The number of fused-ring (bicyclic) bond motifs is 2. The topological polar surface area (TPSA) is 59.0 Å². The second-order valence-corrected chi connectivity index (χ2v) is 8.67. The molecule has 1 unspecified atom stereocenters. The smallest absolute Gasteiger partial charge is 0.303 e. The van der Waals surface area contributed by atoms with Crippen molar-refractivity contribution in [2.45, 2.75) is 31.8 Å². The first kappa shape index (κ1) is 21.3. The van der Waals surface area contributed by atoms with E-state index in [-0.39, 0.29) is 18.3 Å². The number of aryl methyl sites for hydroxylation is 2. The number of likely N-dealkylation sites (N-methyl/N-ethyl adjacent to an activating group) is 1. The first-order valence-electron chi connectivity index (χ1n) is 11.3. The maximum Gasteiger partial charge on any atom is 0.303 e. The third-order valence-electron chi connectivity index (χ3n) is 6.44. The minimum absolute atomic E-state index is 0.0718. The molecular weight excluding hydrogens is 421 g/mol. The number of hydrogen-bond acceptors (Lipinski definition) is 4. The molecule has 1 atom stereocenters. The van der Waals surface area contributed by atoms with Gasteiger partial charge in [0.15, 0.2) is 0 Å². The van der Waals surface area contributed by atoms with E-state index in [1.54, 1.807) is 12.1 Å². The first-order valence-corrected chi connectivity index (χ1v) is 11.3. The first-order chi connectivity index (χ1) is 16.0. The molecule has 2 heterocycles. The number of aliphatic carboxylic acids is 1. The van der Waals surface area contributed by atoms with Crippen LogP contribution in [0.3, 0.4) is 0 Å². The summed E-state index contributed by atoms with van der Waals surface area (Å²) in [5.74, 6) is 0.412. The lowest BCUT2D eigenvalue weighted by Gasteiger charge is -2.28. The maximum absolute atomic E-state index is 15.2. The van der Waals surface area contributed by atoms with Gasteiger partial charge in [0, 0.05) is 19.0 Å². The minimum Gasteiger partial charge on any atom is -0.490 e. The van der Waals surface area contributed by atoms with Crippen LogP contribution < -0.4 is 14.4 Å². The average molecular weight is 448 g/mol. The lowest BCUT2D eigenvalue weighted by atomic mass is 9.94. The lowest BCUT2D eigenvalue weighted by Crippen LogP contribution is -2.28. The largest absolute Gasteiger partial charge is 0.490 e. The molecule has 5 rings (SSSR count). The number of ether oxygens (including phenoxy) is 2. The number of anilines is 1. The molecule has 0 amide bonds. The summed E-state index contributed by atoms with van der Waals surface area (Å²) in [6.07, 6.45) is 1.62. The van der Waals surface area contributed by atoms with E-state index in [4.69, 9.17) is 14.6 Å². The van der Waals surface area contributed by atoms with E-state index in [0.29, 0.717) is 30.8 Å². The Morgan fingerprint density at radius 1 is 1.09 bits per heavy atom. The van der Waals surface area contributed by atoms with Crippen molar-refractivity contribution in [2.24, 2.45) is 0 Å². The molecule has 170 valence electrons. The van der Waals surface area contributed by atoms with E-state index >= 15 is 4.39 Å². The van der Waals surface area contributed by atoms with Crippen molar-refractivity contribution < 1.29 is 23.8 Å². The number of nitrogens with zero attached hydrogens (tertiary/aromatic N) is 1. The van der Waals surface area contributed by atoms with Gasteiger partial charge in [-0.25, -0.2) is 4.39 Å². The second-order valence-electron chi connectivity index (χ2n) is 8.67. The summed E-state index contributed by atoms with van der Waals surface area (Å²) in [4.78, 5) is 13.0. The van der Waals surface area contributed by atoms with Gasteiger partial charge < -0.3 is 19.5 Å². The highest BCUT2D eigenvalue weighted by molar-refractivity contribution is 5.72. The van der Waals surface area contributed by atoms with Gasteiger partial charge >= 0.3 is 5.97 Å². The van der Waals surface area contributed by atoms with Crippen molar-refractivity contribution in [2.75, 3.05) is 25.1 Å². The number of halogens is 1. The monoisotopic (exact) mass is 447 g/mol. The quantitative estimate of drug-likeness (QED) is 0.567. The number of carbonyl (C=O) groups is 1. The van der Waals surface area contributed by atoms with Crippen molar-refractivity contribution in [3.8, 4) is 22.6 Å². The molecule has 2 aliphatic rings. The molecule has 5 nitrogen and oxygen atoms in total. The number of hydrogen-bond donors (Lipinski definition) is 1. The van der Waals surface area contributed by atoms with Crippen LogP contribution in [0.15, 0.2) is 54.6 Å². The van der Waals surface area contributed by atoms with Crippen molar-refractivity contribution in [1.29, 1.82) is 0 Å². The number of carboxylic acids is 1. The molecule has 0 saturated heterocycles. The molecule has 6 heteroatoms. The summed E-state index contributed by atoms with van der Waals surface area (Å²) in [5, 5.41) is 8.93. The molecule has 33 heavy (non-hydrogen) atoms. The fourth-order valence-electron chi connectivity index (χ4n) is 4.55. The molecular formula is C27H26FNO4. The summed E-state index contributed by atoms with van der Waals surface area (Å²) < 4.78 is 27.2. The molecule has 0 fully saturated rings. The van der Waals surface area contributed by atoms with E-state index in [1.807, 2.05) is 49.5 Å². The van der Waals surface area contributed by atoms with Crippen molar-refractivity contribution in [3.63, 3.8) is 0 Å². The molecule has 0 bridgehead atoms. The Morgan fingerprint density at radius 2 is 1.91 bits per heavy atom. The van der Waals surface area contributed by atoms with E-state index in [1.165, 1.54) is 0 Å². The van der Waals surface area contributed by atoms with Crippen LogP contribution in [0, 0.1) is 5.82 Å². The Bertz CT molecular complexity index is 1210. The highest BCUT2D eigenvalue weighted by Gasteiger charge is 2.25. The molecule has 3 aromatic carbocycles. The van der Waals surface area contributed by atoms with Gasteiger partial charge in [0.25, 0.3) is 0 Å². The van der Waals surface area contributed by atoms with E-state index in [0.717, 1.165) is 46.7 Å². The Labute approximate surface area is 192 Å². The third-order valence-corrected chi connectivity index (χ3v) is 6.44. The second kappa shape index (κ2) is 8.77. The molecule has 0 saturated carbocycles. The van der Waals surface area contributed by atoms with Gasteiger partial charge in [-0.3, -0.25) is 4.79 Å². The van der Waals surface area contributed by atoms with E-state index in [2.05, 4.69) is 4.90 Å². The summed E-state index contributed by atoms with van der Waals surface area (Å²) in [7, 11) is 2.03. The van der Waals surface area contributed by atoms with Crippen LogP contribution in [-0.4, -0.2) is 31.3 Å². The van der Waals surface area contributed by atoms with Gasteiger partial charge in [0.05, 0.1) is 12.2 Å². The number of carboxylic acid groups (broad SMARTS) is 1. The van der Waals surface area contributed by atoms with Gasteiger partial charge in [-0.2, -0.15) is 0 Å². The van der Waals surface area contributed by atoms with Crippen LogP contribution in [-0.2, 0) is 17.6 Å². The maximum atomic E-state index is 15.2. The van der Waals surface area contributed by atoms with Gasteiger partial charge in [0.2, 0.25) is 0 Å². The normalized spacial score (nSPS) is 16.9. The Balaban J connectivity index is 1.36. The standard InChI is InChI=1S/C27H26FNO4/c1-29-12-13-32-26-16-20(6-9-23(26)29)19-5-8-21(22(28)15-19)24-10-7-18-4-2-17(3-11-27(30)31)14-25(18)33-24/h2,4-6,8-9,14-16,24H,3,7,10-13H2,1H3,(H,30,31). The lowest BCUT2D eigenvalue weighted by molar-refractivity contribution is -0.136. The molecule has 3 aromatic rings. The Hall–Kier alpha value is -3.54. The summed E-state index contributed by atoms with van der Waals surface area (Å²) >= 11 is 0. The highest BCUT2D eigenvalue weighted by atomic mass is 19.1. The van der Waals surface area contributed by atoms with E-state index < -0.39 is 5.97 Å². The predicted octanol–water partition coefficient (Wildman–Crippen LogP) is 5.40. The van der Waals surface area contributed by atoms with Gasteiger partial charge in [-0.15, -0.1) is 0 Å². The fraction of sp³-hybridized carbons (Fsp3) is 0.296. The Morgan fingerprint density at radius 3 is 2.73 bits per heavy atom. The zero-order chi connectivity index (χ0) is 22.9. The van der Waals surface area contributed by atoms with Crippen molar-refractivity contribution in [1.82, 2.24) is 0 Å². The van der Waals surface area contributed by atoms with Gasteiger partial charge in [0.1, 0.15) is 30.0 Å². The predicted molar refractivity (Wildman–Crippen MR) is 125 cm³/mol. The summed E-state index contributed by atoms with van der Waals surface area (Å²) in [5.41, 5.74) is 5.26. The zero-order valence-electron chi connectivity index (χ0n) is 18.5. The Kier molecular flexibility index (Phi) is 5.67. The van der Waals surface area contributed by atoms with Crippen LogP contribution in [0.5, 0.6) is 11.5 Å². The highest BCUT2D eigenvalue weighted by Crippen LogP contribution is 2.39. The third kappa shape index (κ3) is 4.38. The van der Waals surface area contributed by atoms with Crippen LogP contribution in [0.2, 0.25) is 0 Å². The molecule has 2 aliphatic heterocycles. The van der Waals surface area contributed by atoms with Gasteiger partial charge in [-0.1, -0.05) is 30.3 Å². The van der Waals surface area contributed by atoms with Crippen molar-refractivity contribution in [3.05, 3.63) is 77.1 Å². The molecule has 1 N–H and O–H groups in total. The summed E-state index contributed by atoms with van der Waals surface area (Å²) in [6, 6.07) is 17.1. The van der Waals surface area contributed by atoms with E-state index in [9.17, 15) is 4.79 Å². The number of rotatable bonds is 5. The van der Waals surface area contributed by atoms with Crippen LogP contribution in [0.25, 0.3) is 11.1 Å². The zero-order valence-corrected chi connectivity index (χ0v) is 18.5. The summed E-state index contributed by atoms with van der Waals surface area (Å²) in [6.45, 7) is 1.49. The minimum atomic E-state index is -0.828. The van der Waals surface area contributed by atoms with Crippen LogP contribution in [0.4, 0.5) is 10.1 Å².